The molecule has 0 spiro atoms. The Morgan fingerprint density at radius 3 is 2.94 bits per heavy atom. The van der Waals surface area contributed by atoms with Crippen LogP contribution in [0.3, 0.4) is 0 Å². The van der Waals surface area contributed by atoms with Crippen molar-refractivity contribution in [3.8, 4) is 0 Å². The Hall–Kier alpha value is -1.51. The van der Waals surface area contributed by atoms with Crippen LogP contribution >= 0.6 is 0 Å². The molecule has 1 heterocycles. The molecule has 86 valence electrons. The summed E-state index contributed by atoms with van der Waals surface area (Å²) in [6.07, 6.45) is 2.57. The Bertz CT molecular complexity index is 389. The van der Waals surface area contributed by atoms with Gasteiger partial charge in [-0.05, 0) is 24.5 Å². The van der Waals surface area contributed by atoms with E-state index >= 15 is 0 Å². The molecule has 3 heteroatoms. The molecule has 0 radical (unpaired) electrons. The van der Waals surface area contributed by atoms with Crippen LogP contribution in [0.5, 0.6) is 0 Å². The van der Waals surface area contributed by atoms with E-state index in [2.05, 4.69) is 6.07 Å². The van der Waals surface area contributed by atoms with Crippen LogP contribution in [-0.2, 0) is 11.2 Å². The van der Waals surface area contributed by atoms with Crippen molar-refractivity contribution in [2.45, 2.75) is 32.2 Å². The quantitative estimate of drug-likeness (QED) is 0.844. The van der Waals surface area contributed by atoms with Crippen LogP contribution in [0, 0.1) is 0 Å². The van der Waals surface area contributed by atoms with Gasteiger partial charge in [0.25, 0.3) is 0 Å². The average Bonchev–Trinajstić information content (AvgIpc) is 2.69. The lowest BCUT2D eigenvalue weighted by atomic mass is 10.1. The summed E-state index contributed by atoms with van der Waals surface area (Å²) in [5.41, 5.74) is 2.37. The minimum absolute atomic E-state index is 0.367. The summed E-state index contributed by atoms with van der Waals surface area (Å²) in [6.45, 7) is 2.86. The number of hydrogen-bond donors (Lipinski definition) is 1. The molecule has 16 heavy (non-hydrogen) atoms. The normalized spacial score (nSPS) is 15.9. The molecule has 0 aliphatic carbocycles. The van der Waals surface area contributed by atoms with Gasteiger partial charge in [0.15, 0.2) is 0 Å². The third-order valence-corrected chi connectivity index (χ3v) is 3.15. The van der Waals surface area contributed by atoms with Gasteiger partial charge in [-0.15, -0.1) is 0 Å². The Labute approximate surface area is 95.7 Å². The van der Waals surface area contributed by atoms with Crippen molar-refractivity contribution in [1.29, 1.82) is 0 Å². The van der Waals surface area contributed by atoms with E-state index in [1.165, 1.54) is 5.56 Å². The lowest BCUT2D eigenvalue weighted by Crippen LogP contribution is -2.40. The molecule has 0 amide bonds. The molecule has 0 bridgehead atoms. The number of rotatable bonds is 4. The van der Waals surface area contributed by atoms with Gasteiger partial charge >= 0.3 is 5.97 Å². The minimum atomic E-state index is -0.710. The lowest BCUT2D eigenvalue weighted by molar-refractivity contribution is -0.138. The molecule has 0 aromatic heterocycles. The van der Waals surface area contributed by atoms with Gasteiger partial charge in [0.05, 0.1) is 0 Å². The standard InChI is InChI=1S/C13H17NO2/c1-2-5-12(13(15)16)14-9-8-10-6-3-4-7-11(10)14/h3-4,6-7,12H,2,5,8-9H2,1H3,(H,15,16). The predicted molar refractivity (Wildman–Crippen MR) is 63.8 cm³/mol. The molecule has 1 aromatic carbocycles. The van der Waals surface area contributed by atoms with Gasteiger partial charge in [0, 0.05) is 12.2 Å². The van der Waals surface area contributed by atoms with Crippen LogP contribution in [-0.4, -0.2) is 23.7 Å². The maximum absolute atomic E-state index is 11.2. The summed E-state index contributed by atoms with van der Waals surface area (Å²) in [5, 5.41) is 9.25. The minimum Gasteiger partial charge on any atom is -0.480 e. The van der Waals surface area contributed by atoms with E-state index < -0.39 is 5.97 Å². The number of para-hydroxylation sites is 1. The van der Waals surface area contributed by atoms with Crippen molar-refractivity contribution in [3.05, 3.63) is 29.8 Å². The second-order valence-electron chi connectivity index (χ2n) is 4.21. The second kappa shape index (κ2) is 4.56. The van der Waals surface area contributed by atoms with Crippen LogP contribution in [0.25, 0.3) is 0 Å². The van der Waals surface area contributed by atoms with Crippen molar-refractivity contribution >= 4 is 11.7 Å². The molecule has 1 aliphatic rings. The van der Waals surface area contributed by atoms with Gasteiger partial charge < -0.3 is 10.0 Å². The first-order valence-electron chi connectivity index (χ1n) is 5.81. The summed E-state index contributed by atoms with van der Waals surface area (Å²) in [6, 6.07) is 7.72. The van der Waals surface area contributed by atoms with Gasteiger partial charge in [-0.2, -0.15) is 0 Å². The van der Waals surface area contributed by atoms with Crippen molar-refractivity contribution in [3.63, 3.8) is 0 Å². The maximum atomic E-state index is 11.2. The molecule has 1 aromatic rings. The van der Waals surface area contributed by atoms with E-state index in [-0.39, 0.29) is 6.04 Å². The Kier molecular flexibility index (Phi) is 3.13. The van der Waals surface area contributed by atoms with E-state index in [4.69, 9.17) is 0 Å². The van der Waals surface area contributed by atoms with Gasteiger partial charge in [0.2, 0.25) is 0 Å². The molecule has 1 aliphatic heterocycles. The van der Waals surface area contributed by atoms with Crippen molar-refractivity contribution < 1.29 is 9.90 Å². The maximum Gasteiger partial charge on any atom is 0.326 e. The molecule has 0 saturated carbocycles. The van der Waals surface area contributed by atoms with E-state index in [1.54, 1.807) is 0 Å². The van der Waals surface area contributed by atoms with Crippen LogP contribution in [0.15, 0.2) is 24.3 Å². The molecule has 1 atom stereocenters. The Morgan fingerprint density at radius 2 is 2.25 bits per heavy atom. The molecule has 0 saturated heterocycles. The fraction of sp³-hybridized carbons (Fsp3) is 0.462. The summed E-state index contributed by atoms with van der Waals surface area (Å²) in [4.78, 5) is 13.3. The second-order valence-corrected chi connectivity index (χ2v) is 4.21. The Balaban J connectivity index is 2.25. The molecular weight excluding hydrogens is 202 g/mol. The van der Waals surface area contributed by atoms with E-state index in [1.807, 2.05) is 30.0 Å². The van der Waals surface area contributed by atoms with Crippen LogP contribution in [0.4, 0.5) is 5.69 Å². The van der Waals surface area contributed by atoms with Gasteiger partial charge in [-0.1, -0.05) is 31.5 Å². The number of aliphatic carboxylic acids is 1. The van der Waals surface area contributed by atoms with E-state index in [9.17, 15) is 9.90 Å². The summed E-state index contributed by atoms with van der Waals surface area (Å²) < 4.78 is 0. The average molecular weight is 219 g/mol. The third kappa shape index (κ3) is 1.90. The highest BCUT2D eigenvalue weighted by Gasteiger charge is 2.29. The van der Waals surface area contributed by atoms with Crippen LogP contribution in [0.1, 0.15) is 25.3 Å². The molecular formula is C13H17NO2. The fourth-order valence-corrected chi connectivity index (χ4v) is 2.37. The first kappa shape index (κ1) is 11.0. The number of fused-ring (bicyclic) bond motifs is 1. The number of benzene rings is 1. The monoisotopic (exact) mass is 219 g/mol. The van der Waals surface area contributed by atoms with Crippen LogP contribution < -0.4 is 4.90 Å². The molecule has 2 rings (SSSR count). The smallest absolute Gasteiger partial charge is 0.326 e. The predicted octanol–water partition coefficient (Wildman–Crippen LogP) is 2.30. The number of hydrogen-bond acceptors (Lipinski definition) is 2. The SMILES string of the molecule is CCCC(C(=O)O)N1CCc2ccccc21. The highest BCUT2D eigenvalue weighted by atomic mass is 16.4. The topological polar surface area (TPSA) is 40.5 Å². The largest absolute Gasteiger partial charge is 0.480 e. The van der Waals surface area contributed by atoms with Crippen molar-refractivity contribution in [2.75, 3.05) is 11.4 Å². The zero-order valence-electron chi connectivity index (χ0n) is 9.52. The molecule has 3 nitrogen and oxygen atoms in total. The Morgan fingerprint density at radius 1 is 1.50 bits per heavy atom. The number of carbonyl (C=O) groups is 1. The summed E-state index contributed by atoms with van der Waals surface area (Å²) in [7, 11) is 0. The fourth-order valence-electron chi connectivity index (χ4n) is 2.37. The van der Waals surface area contributed by atoms with Crippen molar-refractivity contribution in [1.82, 2.24) is 0 Å². The number of nitrogens with zero attached hydrogens (tertiary/aromatic N) is 1. The van der Waals surface area contributed by atoms with Crippen LogP contribution in [0.2, 0.25) is 0 Å². The third-order valence-electron chi connectivity index (χ3n) is 3.15. The van der Waals surface area contributed by atoms with Crippen molar-refractivity contribution in [2.24, 2.45) is 0 Å². The highest BCUT2D eigenvalue weighted by molar-refractivity contribution is 5.79. The molecule has 0 fully saturated rings. The van der Waals surface area contributed by atoms with E-state index in [0.29, 0.717) is 6.42 Å². The summed E-state index contributed by atoms with van der Waals surface area (Å²) in [5.74, 6) is -0.710. The number of carboxylic acids is 1. The highest BCUT2D eigenvalue weighted by Crippen LogP contribution is 2.30. The first-order valence-corrected chi connectivity index (χ1v) is 5.81. The molecule has 1 unspecified atom stereocenters. The van der Waals surface area contributed by atoms with Gasteiger partial charge in [-0.25, -0.2) is 4.79 Å². The summed E-state index contributed by atoms with van der Waals surface area (Å²) >= 11 is 0. The zero-order chi connectivity index (χ0) is 11.5. The lowest BCUT2D eigenvalue weighted by Gasteiger charge is -2.26. The number of anilines is 1. The zero-order valence-corrected chi connectivity index (χ0v) is 9.52. The van der Waals surface area contributed by atoms with Gasteiger partial charge in [0.1, 0.15) is 6.04 Å². The number of carboxylic acid groups (broad SMARTS) is 1. The van der Waals surface area contributed by atoms with E-state index in [0.717, 1.165) is 25.1 Å². The van der Waals surface area contributed by atoms with Gasteiger partial charge in [-0.3, -0.25) is 0 Å². The first-order chi connectivity index (χ1) is 7.74. The molecule has 1 N–H and O–H groups in total.